The summed E-state index contributed by atoms with van der Waals surface area (Å²) >= 11 is 5.99. The number of halogens is 1. The number of carbonyl (C=O) groups excluding carboxylic acids is 1. The standard InChI is InChI=1S/C16H16ClNO3/c1-11-2-7-14(17)15(8-11)21-10-16(20)18-13-5-3-12(9-19)4-6-13/h2-8,19H,9-10H2,1H3,(H,18,20). The van der Waals surface area contributed by atoms with Crippen LogP contribution in [0.15, 0.2) is 42.5 Å². The molecule has 0 radical (unpaired) electrons. The zero-order chi connectivity index (χ0) is 15.2. The Labute approximate surface area is 128 Å². The number of ether oxygens (including phenoxy) is 1. The summed E-state index contributed by atoms with van der Waals surface area (Å²) in [5, 5.41) is 12.1. The largest absolute Gasteiger partial charge is 0.482 e. The van der Waals surface area contributed by atoms with Crippen LogP contribution in [0.4, 0.5) is 5.69 Å². The Morgan fingerprint density at radius 2 is 1.95 bits per heavy atom. The smallest absolute Gasteiger partial charge is 0.262 e. The monoisotopic (exact) mass is 305 g/mol. The molecule has 2 aromatic carbocycles. The molecule has 0 atom stereocenters. The van der Waals surface area contributed by atoms with E-state index < -0.39 is 0 Å². The lowest BCUT2D eigenvalue weighted by Crippen LogP contribution is -2.20. The molecule has 0 spiro atoms. The van der Waals surface area contributed by atoms with Crippen LogP contribution in [0, 0.1) is 6.92 Å². The first kappa shape index (κ1) is 15.4. The van der Waals surface area contributed by atoms with Crippen LogP contribution >= 0.6 is 11.6 Å². The minimum Gasteiger partial charge on any atom is -0.482 e. The molecule has 21 heavy (non-hydrogen) atoms. The molecule has 0 aliphatic carbocycles. The van der Waals surface area contributed by atoms with E-state index in [4.69, 9.17) is 21.4 Å². The van der Waals surface area contributed by atoms with Crippen LogP contribution in [-0.4, -0.2) is 17.6 Å². The minimum absolute atomic E-state index is 0.0246. The normalized spacial score (nSPS) is 10.2. The van der Waals surface area contributed by atoms with Crippen LogP contribution in [0.1, 0.15) is 11.1 Å². The first-order chi connectivity index (χ1) is 10.1. The van der Waals surface area contributed by atoms with Crippen molar-refractivity contribution in [3.63, 3.8) is 0 Å². The summed E-state index contributed by atoms with van der Waals surface area (Å²) in [4.78, 5) is 11.8. The maximum Gasteiger partial charge on any atom is 0.262 e. The van der Waals surface area contributed by atoms with Gasteiger partial charge in [-0.25, -0.2) is 0 Å². The van der Waals surface area contributed by atoms with Crippen LogP contribution in [0.25, 0.3) is 0 Å². The molecule has 0 saturated heterocycles. The number of hydrogen-bond acceptors (Lipinski definition) is 3. The third-order valence-corrected chi connectivity index (χ3v) is 3.18. The van der Waals surface area contributed by atoms with E-state index in [1.165, 1.54) is 0 Å². The highest BCUT2D eigenvalue weighted by Crippen LogP contribution is 2.25. The summed E-state index contributed by atoms with van der Waals surface area (Å²) < 4.78 is 5.41. The van der Waals surface area contributed by atoms with E-state index >= 15 is 0 Å². The predicted octanol–water partition coefficient (Wildman–Crippen LogP) is 3.16. The van der Waals surface area contributed by atoms with Gasteiger partial charge in [-0.1, -0.05) is 29.8 Å². The fourth-order valence-corrected chi connectivity index (χ4v) is 1.93. The van der Waals surface area contributed by atoms with Crippen molar-refractivity contribution >= 4 is 23.2 Å². The van der Waals surface area contributed by atoms with Gasteiger partial charge in [-0.15, -0.1) is 0 Å². The Morgan fingerprint density at radius 1 is 1.24 bits per heavy atom. The molecule has 2 aromatic rings. The Morgan fingerprint density at radius 3 is 2.62 bits per heavy atom. The average molecular weight is 306 g/mol. The van der Waals surface area contributed by atoms with Gasteiger partial charge in [0.15, 0.2) is 6.61 Å². The van der Waals surface area contributed by atoms with Gasteiger partial charge < -0.3 is 15.2 Å². The van der Waals surface area contributed by atoms with Gasteiger partial charge >= 0.3 is 0 Å². The first-order valence-corrected chi connectivity index (χ1v) is 6.85. The van der Waals surface area contributed by atoms with Crippen LogP contribution in [0.5, 0.6) is 5.75 Å². The average Bonchev–Trinajstić information content (AvgIpc) is 2.49. The fraction of sp³-hybridized carbons (Fsp3) is 0.188. The molecule has 0 fully saturated rings. The number of aliphatic hydroxyl groups excluding tert-OH is 1. The van der Waals surface area contributed by atoms with Crippen molar-refractivity contribution in [1.82, 2.24) is 0 Å². The second kappa shape index (κ2) is 7.11. The molecular formula is C16H16ClNO3. The quantitative estimate of drug-likeness (QED) is 0.892. The zero-order valence-corrected chi connectivity index (χ0v) is 12.4. The first-order valence-electron chi connectivity index (χ1n) is 6.47. The molecule has 4 nitrogen and oxygen atoms in total. The highest BCUT2D eigenvalue weighted by molar-refractivity contribution is 6.32. The lowest BCUT2D eigenvalue weighted by atomic mass is 10.2. The number of benzene rings is 2. The molecule has 2 N–H and O–H groups in total. The van der Waals surface area contributed by atoms with E-state index in [0.717, 1.165) is 11.1 Å². The van der Waals surface area contributed by atoms with Crippen LogP contribution < -0.4 is 10.1 Å². The van der Waals surface area contributed by atoms with Crippen molar-refractivity contribution in [1.29, 1.82) is 0 Å². The third-order valence-electron chi connectivity index (χ3n) is 2.87. The highest BCUT2D eigenvalue weighted by atomic mass is 35.5. The van der Waals surface area contributed by atoms with Gasteiger partial charge in [0.2, 0.25) is 0 Å². The zero-order valence-electron chi connectivity index (χ0n) is 11.6. The van der Waals surface area contributed by atoms with E-state index in [9.17, 15) is 4.79 Å². The topological polar surface area (TPSA) is 58.6 Å². The molecule has 0 heterocycles. The number of nitrogens with one attached hydrogen (secondary N) is 1. The number of hydrogen-bond donors (Lipinski definition) is 2. The van der Waals surface area contributed by atoms with Gasteiger partial charge in [0, 0.05) is 5.69 Å². The molecule has 0 unspecified atom stereocenters. The van der Waals surface area contributed by atoms with Gasteiger partial charge in [-0.3, -0.25) is 4.79 Å². The summed E-state index contributed by atoms with van der Waals surface area (Å²) in [6, 6.07) is 12.3. The fourth-order valence-electron chi connectivity index (χ4n) is 1.76. The van der Waals surface area contributed by atoms with Crippen molar-refractivity contribution in [2.75, 3.05) is 11.9 Å². The molecule has 0 aromatic heterocycles. The maximum absolute atomic E-state index is 11.8. The Bertz CT molecular complexity index is 626. The van der Waals surface area contributed by atoms with Gasteiger partial charge in [0.25, 0.3) is 5.91 Å². The van der Waals surface area contributed by atoms with Crippen molar-refractivity contribution < 1.29 is 14.6 Å². The summed E-state index contributed by atoms with van der Waals surface area (Å²) in [6.45, 7) is 1.78. The van der Waals surface area contributed by atoms with Crippen molar-refractivity contribution in [2.45, 2.75) is 13.5 Å². The predicted molar refractivity (Wildman–Crippen MR) is 82.7 cm³/mol. The molecule has 0 aliphatic rings. The van der Waals surface area contributed by atoms with Crippen molar-refractivity contribution in [3.8, 4) is 5.75 Å². The Kier molecular flexibility index (Phi) is 5.20. The summed E-state index contributed by atoms with van der Waals surface area (Å²) in [6.07, 6.45) is 0. The summed E-state index contributed by atoms with van der Waals surface area (Å²) in [5.41, 5.74) is 2.45. The van der Waals surface area contributed by atoms with Gasteiger partial charge in [-0.2, -0.15) is 0 Å². The summed E-state index contributed by atoms with van der Waals surface area (Å²) in [5.74, 6) is 0.215. The number of aryl methyl sites for hydroxylation is 1. The number of amides is 1. The second-order valence-corrected chi connectivity index (χ2v) is 5.03. The molecule has 5 heteroatoms. The lowest BCUT2D eigenvalue weighted by Gasteiger charge is -2.09. The van der Waals surface area contributed by atoms with E-state index in [-0.39, 0.29) is 19.1 Å². The van der Waals surface area contributed by atoms with E-state index in [0.29, 0.717) is 16.5 Å². The molecule has 0 bridgehead atoms. The van der Waals surface area contributed by atoms with Crippen molar-refractivity contribution in [2.24, 2.45) is 0 Å². The Hall–Kier alpha value is -2.04. The molecular weight excluding hydrogens is 290 g/mol. The third kappa shape index (κ3) is 4.48. The molecule has 0 aliphatic heterocycles. The van der Waals surface area contributed by atoms with Crippen molar-refractivity contribution in [3.05, 3.63) is 58.6 Å². The van der Waals surface area contributed by atoms with Crippen LogP contribution in [0.3, 0.4) is 0 Å². The van der Waals surface area contributed by atoms with Gasteiger partial charge in [-0.05, 0) is 42.3 Å². The molecule has 0 saturated carbocycles. The Balaban J connectivity index is 1.91. The van der Waals surface area contributed by atoms with E-state index in [1.54, 1.807) is 36.4 Å². The van der Waals surface area contributed by atoms with E-state index in [1.807, 2.05) is 13.0 Å². The van der Waals surface area contributed by atoms with Gasteiger partial charge in [0.05, 0.1) is 11.6 Å². The SMILES string of the molecule is Cc1ccc(Cl)c(OCC(=O)Nc2ccc(CO)cc2)c1. The number of carbonyl (C=O) groups is 1. The maximum atomic E-state index is 11.8. The minimum atomic E-state index is -0.274. The van der Waals surface area contributed by atoms with Gasteiger partial charge in [0.1, 0.15) is 5.75 Å². The lowest BCUT2D eigenvalue weighted by molar-refractivity contribution is -0.118. The number of anilines is 1. The van der Waals surface area contributed by atoms with Crippen LogP contribution in [-0.2, 0) is 11.4 Å². The summed E-state index contributed by atoms with van der Waals surface area (Å²) in [7, 11) is 0. The highest BCUT2D eigenvalue weighted by Gasteiger charge is 2.06. The van der Waals surface area contributed by atoms with E-state index in [2.05, 4.69) is 5.32 Å². The molecule has 2 rings (SSSR count). The molecule has 1 amide bonds. The van der Waals surface area contributed by atoms with Crippen LogP contribution in [0.2, 0.25) is 5.02 Å². The second-order valence-electron chi connectivity index (χ2n) is 4.63. The molecule has 110 valence electrons. The number of aliphatic hydroxyl groups is 1. The number of rotatable bonds is 5.